The monoisotopic (exact) mass is 885 g/mol. The van der Waals surface area contributed by atoms with Crippen LogP contribution in [0.15, 0.2) is 72.8 Å². The highest BCUT2D eigenvalue weighted by Gasteiger charge is 2.46. The Labute approximate surface area is 375 Å². The molecule has 2 fully saturated rings. The van der Waals surface area contributed by atoms with Crippen LogP contribution in [0.5, 0.6) is 0 Å². The second-order valence-electron chi connectivity index (χ2n) is 19.1. The van der Waals surface area contributed by atoms with Crippen LogP contribution in [-0.4, -0.2) is 97.1 Å². The Hall–Kier alpha value is -6.19. The molecule has 15 nitrogen and oxygen atoms in total. The molecule has 16 heteroatoms. The van der Waals surface area contributed by atoms with Gasteiger partial charge in [0.2, 0.25) is 23.6 Å². The van der Waals surface area contributed by atoms with Crippen molar-refractivity contribution in [3.05, 3.63) is 89.7 Å². The van der Waals surface area contributed by atoms with Crippen molar-refractivity contribution in [2.45, 2.75) is 105 Å². The Bertz CT molecular complexity index is 2010. The number of nitrogens with zero attached hydrogens (tertiary/aromatic N) is 3. The maximum Gasteiger partial charge on any atom is 0.407 e. The van der Waals surface area contributed by atoms with Crippen molar-refractivity contribution in [2.75, 3.05) is 42.8 Å². The average Bonchev–Trinajstić information content (AvgIpc) is 3.83. The molecule has 2 saturated heterocycles. The molecule has 0 aliphatic carbocycles. The Morgan fingerprint density at radius 1 is 0.625 bits per heavy atom. The van der Waals surface area contributed by atoms with Crippen molar-refractivity contribution in [3.8, 4) is 0 Å². The molecule has 0 spiro atoms. The van der Waals surface area contributed by atoms with Gasteiger partial charge in [-0.25, -0.2) is 14.0 Å². The van der Waals surface area contributed by atoms with E-state index >= 15 is 0 Å². The van der Waals surface area contributed by atoms with Gasteiger partial charge in [-0.3, -0.25) is 19.2 Å². The Kier molecular flexibility index (Phi) is 15.7. The van der Waals surface area contributed by atoms with Crippen LogP contribution in [0.1, 0.15) is 79.4 Å². The van der Waals surface area contributed by atoms with Crippen LogP contribution in [0.25, 0.3) is 0 Å². The lowest BCUT2D eigenvalue weighted by Gasteiger charge is -2.35. The first-order valence-corrected chi connectivity index (χ1v) is 21.7. The molecule has 2 aliphatic rings. The largest absolute Gasteiger partial charge is 0.453 e. The minimum atomic E-state index is -0.898. The summed E-state index contributed by atoms with van der Waals surface area (Å²) in [6.45, 7) is 16.5. The number of anilines is 3. The van der Waals surface area contributed by atoms with Gasteiger partial charge in [0.15, 0.2) is 0 Å². The predicted octanol–water partition coefficient (Wildman–Crippen LogP) is 6.92. The maximum atomic E-state index is 14.0. The molecule has 3 aromatic rings. The van der Waals surface area contributed by atoms with E-state index in [9.17, 15) is 33.2 Å². The SMILES string of the molecule is COC(=O)N[C@H](C(=O)N1CC[C@H](C)[C@H]1C(=O)Nc1ccc(CN(Cc2ccc(NC(=O)[C@@H]3[C@@H](C)CCN3C(=O)[C@@H](NC(=O)OC)C(C)(C)C)cc2)c2ccc(F)cc2)cc1)C(C)(C)C. The first-order valence-electron chi connectivity index (χ1n) is 21.7. The molecule has 3 aromatic carbocycles. The van der Waals surface area contributed by atoms with Crippen LogP contribution in [0, 0.1) is 28.5 Å². The number of methoxy groups -OCH3 is 2. The number of halogens is 1. The summed E-state index contributed by atoms with van der Waals surface area (Å²) in [5, 5.41) is 11.3. The number of rotatable bonds is 13. The zero-order chi connectivity index (χ0) is 47.1. The van der Waals surface area contributed by atoms with Crippen LogP contribution in [0.2, 0.25) is 0 Å². The molecule has 4 N–H and O–H groups in total. The number of benzene rings is 3. The average molecular weight is 886 g/mol. The molecule has 0 bridgehead atoms. The van der Waals surface area contributed by atoms with Crippen molar-refractivity contribution >= 4 is 52.9 Å². The van der Waals surface area contributed by atoms with Crippen LogP contribution in [-0.2, 0) is 41.7 Å². The fourth-order valence-corrected chi connectivity index (χ4v) is 8.32. The smallest absolute Gasteiger partial charge is 0.407 e. The molecule has 6 atom stereocenters. The normalized spacial score (nSPS) is 19.5. The van der Waals surface area contributed by atoms with E-state index < -0.39 is 47.2 Å². The molecule has 64 heavy (non-hydrogen) atoms. The van der Waals surface area contributed by atoms with E-state index in [1.807, 2.05) is 79.7 Å². The molecule has 0 radical (unpaired) electrons. The number of likely N-dealkylation sites (tertiary alicyclic amines) is 2. The number of hydrogen-bond acceptors (Lipinski definition) is 9. The number of carbonyl (C=O) groups excluding carboxylic acids is 6. The molecule has 6 amide bonds. The lowest BCUT2D eigenvalue weighted by atomic mass is 9.85. The molecule has 2 aliphatic heterocycles. The van der Waals surface area contributed by atoms with Crippen LogP contribution in [0.4, 0.5) is 31.0 Å². The Morgan fingerprint density at radius 2 is 0.984 bits per heavy atom. The second-order valence-corrected chi connectivity index (χ2v) is 19.1. The summed E-state index contributed by atoms with van der Waals surface area (Å²) in [5.41, 5.74) is 2.45. The molecule has 2 heterocycles. The quantitative estimate of drug-likeness (QED) is 0.142. The van der Waals surface area contributed by atoms with Gasteiger partial charge in [0.05, 0.1) is 14.2 Å². The van der Waals surface area contributed by atoms with E-state index in [1.165, 1.54) is 26.4 Å². The van der Waals surface area contributed by atoms with Gasteiger partial charge in [-0.2, -0.15) is 0 Å². The van der Waals surface area contributed by atoms with E-state index in [-0.39, 0.29) is 41.3 Å². The number of ether oxygens (including phenoxy) is 2. The first-order chi connectivity index (χ1) is 30.1. The minimum Gasteiger partial charge on any atom is -0.453 e. The Morgan fingerprint density at radius 3 is 1.31 bits per heavy atom. The molecule has 5 rings (SSSR count). The van der Waals surface area contributed by atoms with Gasteiger partial charge in [0.1, 0.15) is 30.0 Å². The number of amides is 6. The summed E-state index contributed by atoms with van der Waals surface area (Å²) in [5.74, 6) is -1.93. The molecular weight excluding hydrogens is 822 g/mol. The topological polar surface area (TPSA) is 179 Å². The number of hydrogen-bond donors (Lipinski definition) is 4. The van der Waals surface area contributed by atoms with Gasteiger partial charge in [0, 0.05) is 43.2 Å². The molecular formula is C48H64FN7O8. The Balaban J connectivity index is 1.26. The van der Waals surface area contributed by atoms with Crippen molar-refractivity contribution in [2.24, 2.45) is 22.7 Å². The summed E-state index contributed by atoms with van der Waals surface area (Å²) in [7, 11) is 2.47. The molecule has 0 unspecified atom stereocenters. The van der Waals surface area contributed by atoms with E-state index in [0.717, 1.165) is 16.8 Å². The van der Waals surface area contributed by atoms with Crippen molar-refractivity contribution in [3.63, 3.8) is 0 Å². The number of alkyl carbamates (subject to hydrolysis) is 2. The van der Waals surface area contributed by atoms with E-state index in [4.69, 9.17) is 9.47 Å². The summed E-state index contributed by atoms with van der Waals surface area (Å²) < 4.78 is 23.6. The lowest BCUT2D eigenvalue weighted by molar-refractivity contribution is -0.141. The third kappa shape index (κ3) is 12.1. The van der Waals surface area contributed by atoms with Gasteiger partial charge < -0.3 is 45.4 Å². The van der Waals surface area contributed by atoms with Crippen molar-refractivity contribution in [1.29, 1.82) is 0 Å². The van der Waals surface area contributed by atoms with Gasteiger partial charge in [-0.1, -0.05) is 79.7 Å². The fraction of sp³-hybridized carbons (Fsp3) is 0.500. The standard InChI is InChI=1S/C48H64FN7O8/c1-29-23-25-55(43(59)39(47(3,4)5)52-45(61)63-9)37(29)41(57)50-34-17-11-31(12-18-34)27-54(36-21-15-33(49)16-22-36)28-32-13-19-35(20-14-32)51-42(58)38-30(2)24-26-56(38)44(60)40(48(6,7)8)53-46(62)64-10/h11-22,29-30,37-40H,23-28H2,1-10H3,(H,50,57)(H,51,58)(H,52,61)(H,53,62)/t29-,30-,37-,38-,39+,40+/m0/s1. The van der Waals surface area contributed by atoms with Crippen LogP contribution >= 0.6 is 0 Å². The predicted molar refractivity (Wildman–Crippen MR) is 243 cm³/mol. The number of nitrogens with one attached hydrogen (secondary N) is 4. The number of carbonyl (C=O) groups is 6. The van der Waals surface area contributed by atoms with Gasteiger partial charge in [0.25, 0.3) is 0 Å². The van der Waals surface area contributed by atoms with Gasteiger partial charge in [-0.15, -0.1) is 0 Å². The summed E-state index contributed by atoms with van der Waals surface area (Å²) in [4.78, 5) is 84.6. The minimum absolute atomic E-state index is 0.113. The van der Waals surface area contributed by atoms with Crippen LogP contribution in [0.3, 0.4) is 0 Å². The second kappa shape index (κ2) is 20.5. The third-order valence-corrected chi connectivity index (χ3v) is 12.0. The highest BCUT2D eigenvalue weighted by Crippen LogP contribution is 2.32. The van der Waals surface area contributed by atoms with E-state index in [0.29, 0.717) is 50.4 Å². The van der Waals surface area contributed by atoms with Crippen molar-refractivity contribution < 1.29 is 42.6 Å². The lowest BCUT2D eigenvalue weighted by Crippen LogP contribution is -2.57. The third-order valence-electron chi connectivity index (χ3n) is 12.0. The zero-order valence-corrected chi connectivity index (χ0v) is 38.6. The summed E-state index contributed by atoms with van der Waals surface area (Å²) in [6.07, 6.45) is -0.182. The van der Waals surface area contributed by atoms with E-state index in [2.05, 4.69) is 26.2 Å². The molecule has 0 saturated carbocycles. The van der Waals surface area contributed by atoms with Gasteiger partial charge >= 0.3 is 12.2 Å². The van der Waals surface area contributed by atoms with Crippen molar-refractivity contribution in [1.82, 2.24) is 20.4 Å². The maximum absolute atomic E-state index is 14.0. The van der Waals surface area contributed by atoms with E-state index in [1.54, 1.807) is 46.2 Å². The van der Waals surface area contributed by atoms with Gasteiger partial charge in [-0.05, 0) is 95.2 Å². The zero-order valence-electron chi connectivity index (χ0n) is 38.6. The highest BCUT2D eigenvalue weighted by molar-refractivity contribution is 6.00. The van der Waals surface area contributed by atoms with Crippen LogP contribution < -0.4 is 26.2 Å². The molecule has 346 valence electrons. The first kappa shape index (κ1) is 48.8. The highest BCUT2D eigenvalue weighted by atomic mass is 19.1. The summed E-state index contributed by atoms with van der Waals surface area (Å²) in [6, 6.07) is 17.7. The fourth-order valence-electron chi connectivity index (χ4n) is 8.32. The summed E-state index contributed by atoms with van der Waals surface area (Å²) >= 11 is 0. The molecule has 0 aromatic heterocycles.